The number of aryl methyl sites for hydroxylation is 1. The lowest BCUT2D eigenvalue weighted by Crippen LogP contribution is -2.49. The quantitative estimate of drug-likeness (QED) is 0.159. The summed E-state index contributed by atoms with van der Waals surface area (Å²) in [4.78, 5) is 54.2. The van der Waals surface area contributed by atoms with Crippen LogP contribution in [0.3, 0.4) is 0 Å². The van der Waals surface area contributed by atoms with E-state index in [1.807, 2.05) is 16.8 Å². The lowest BCUT2D eigenvalue weighted by molar-refractivity contribution is -0.149. The van der Waals surface area contributed by atoms with Crippen LogP contribution in [0.25, 0.3) is 11.0 Å². The van der Waals surface area contributed by atoms with Gasteiger partial charge in [-0.2, -0.15) is 4.98 Å². The average molecular weight is 669 g/mol. The Bertz CT molecular complexity index is 1720. The molecule has 0 amide bonds. The predicted octanol–water partition coefficient (Wildman–Crippen LogP) is 4.40. The molecule has 0 spiro atoms. The van der Waals surface area contributed by atoms with Gasteiger partial charge in [0.15, 0.2) is 5.78 Å². The SMILES string of the molecule is COCP(=O)(NC(C)C(=O)OC(C)C)N1CCN(c2ccc(Nc3ncc4c(C)c(C(C)=O)c(=O)n(C5CCCC5)c4n3)nc2)CC1. The van der Waals surface area contributed by atoms with E-state index in [0.717, 1.165) is 31.4 Å². The Kier molecular flexibility index (Phi) is 10.7. The molecule has 2 aliphatic rings. The highest BCUT2D eigenvalue weighted by Crippen LogP contribution is 2.46. The Morgan fingerprint density at radius 3 is 2.36 bits per heavy atom. The van der Waals surface area contributed by atoms with Gasteiger partial charge in [-0.1, -0.05) is 12.8 Å². The smallest absolute Gasteiger partial charge is 0.323 e. The number of pyridine rings is 2. The van der Waals surface area contributed by atoms with Gasteiger partial charge in [0, 0.05) is 50.9 Å². The number of methoxy groups -OCH3 is 1. The molecule has 0 aromatic carbocycles. The Labute approximate surface area is 274 Å². The zero-order valence-electron chi connectivity index (χ0n) is 28.0. The number of hydrogen-bond donors (Lipinski definition) is 2. The van der Waals surface area contributed by atoms with Crippen LogP contribution in [0.15, 0.2) is 29.3 Å². The molecule has 5 rings (SSSR count). The maximum Gasteiger partial charge on any atom is 0.323 e. The first-order chi connectivity index (χ1) is 22.4. The van der Waals surface area contributed by atoms with Gasteiger partial charge in [-0.15, -0.1) is 0 Å². The van der Waals surface area contributed by atoms with Crippen molar-refractivity contribution in [2.75, 3.05) is 49.9 Å². The van der Waals surface area contributed by atoms with Crippen LogP contribution in [-0.2, 0) is 18.8 Å². The Balaban J connectivity index is 1.28. The minimum absolute atomic E-state index is 0.00621. The molecule has 15 heteroatoms. The molecule has 1 aliphatic heterocycles. The number of esters is 1. The molecule has 3 aromatic rings. The van der Waals surface area contributed by atoms with Crippen molar-refractivity contribution in [3.63, 3.8) is 0 Å². The third-order valence-corrected chi connectivity index (χ3v) is 11.4. The minimum Gasteiger partial charge on any atom is -0.462 e. The number of aromatic nitrogens is 4. The molecule has 14 nitrogen and oxygen atoms in total. The van der Waals surface area contributed by atoms with E-state index in [2.05, 4.69) is 25.3 Å². The van der Waals surface area contributed by atoms with Crippen molar-refractivity contribution in [3.05, 3.63) is 46.0 Å². The number of rotatable bonds is 12. The second-order valence-corrected chi connectivity index (χ2v) is 15.0. The number of fused-ring (bicyclic) bond motifs is 1. The van der Waals surface area contributed by atoms with E-state index in [-0.39, 0.29) is 35.4 Å². The Morgan fingerprint density at radius 1 is 1.06 bits per heavy atom. The molecule has 2 fully saturated rings. The molecule has 2 atom stereocenters. The second kappa shape index (κ2) is 14.6. The van der Waals surface area contributed by atoms with E-state index in [1.54, 1.807) is 44.7 Å². The highest BCUT2D eigenvalue weighted by Gasteiger charge is 2.36. The van der Waals surface area contributed by atoms with Gasteiger partial charge in [-0.3, -0.25) is 23.5 Å². The number of carbonyl (C=O) groups excluding carboxylic acids is 2. The molecule has 2 unspecified atom stereocenters. The number of anilines is 3. The topological polar surface area (TPSA) is 161 Å². The number of hydrogen-bond acceptors (Lipinski definition) is 11. The minimum atomic E-state index is -3.20. The van der Waals surface area contributed by atoms with Gasteiger partial charge in [0.25, 0.3) is 5.56 Å². The number of carbonyl (C=O) groups is 2. The van der Waals surface area contributed by atoms with E-state index in [1.165, 1.54) is 14.0 Å². The van der Waals surface area contributed by atoms with Crippen LogP contribution in [-0.4, -0.2) is 87.7 Å². The molecule has 0 radical (unpaired) electrons. The van der Waals surface area contributed by atoms with Crippen LogP contribution in [0.1, 0.15) is 75.3 Å². The number of nitrogens with one attached hydrogen (secondary N) is 2. The lowest BCUT2D eigenvalue weighted by Gasteiger charge is -2.40. The van der Waals surface area contributed by atoms with Crippen molar-refractivity contribution in [3.8, 4) is 0 Å². The van der Waals surface area contributed by atoms with Crippen molar-refractivity contribution in [2.24, 2.45) is 0 Å². The maximum atomic E-state index is 13.9. The molecule has 3 aromatic heterocycles. The molecule has 47 heavy (non-hydrogen) atoms. The van der Waals surface area contributed by atoms with Crippen LogP contribution in [0.4, 0.5) is 17.5 Å². The Morgan fingerprint density at radius 2 is 1.77 bits per heavy atom. The number of ether oxygens (including phenoxy) is 2. The monoisotopic (exact) mass is 668 g/mol. The molecule has 254 valence electrons. The largest absolute Gasteiger partial charge is 0.462 e. The number of piperazine rings is 1. The van der Waals surface area contributed by atoms with Gasteiger partial charge in [-0.05, 0) is 65.2 Å². The number of nitrogens with zero attached hydrogens (tertiary/aromatic N) is 6. The van der Waals surface area contributed by atoms with Crippen LogP contribution < -0.4 is 20.9 Å². The van der Waals surface area contributed by atoms with Gasteiger partial charge in [0.05, 0.1) is 23.6 Å². The van der Waals surface area contributed by atoms with Crippen molar-refractivity contribution in [1.82, 2.24) is 29.3 Å². The molecule has 1 aliphatic carbocycles. The van der Waals surface area contributed by atoms with Gasteiger partial charge in [0.1, 0.15) is 23.9 Å². The summed E-state index contributed by atoms with van der Waals surface area (Å²) in [6.07, 6.45) is 6.92. The van der Waals surface area contributed by atoms with Crippen LogP contribution >= 0.6 is 7.44 Å². The summed E-state index contributed by atoms with van der Waals surface area (Å²) in [5.74, 6) is 0.132. The lowest BCUT2D eigenvalue weighted by atomic mass is 10.0. The van der Waals surface area contributed by atoms with Crippen molar-refractivity contribution < 1.29 is 23.6 Å². The summed E-state index contributed by atoms with van der Waals surface area (Å²) in [6.45, 7) is 10.6. The normalized spacial score (nSPS) is 18.0. The fourth-order valence-corrected chi connectivity index (χ4v) is 8.70. The fourth-order valence-electron chi connectivity index (χ4n) is 6.41. The third-order valence-electron chi connectivity index (χ3n) is 8.72. The van der Waals surface area contributed by atoms with E-state index in [4.69, 9.17) is 14.5 Å². The van der Waals surface area contributed by atoms with E-state index < -0.39 is 19.5 Å². The number of ketones is 1. The predicted molar refractivity (Wildman–Crippen MR) is 181 cm³/mol. The standard InChI is InChI=1S/C32H45N8O6P/c1-20(2)46-31(43)22(4)37-47(44,19-45-6)39-15-13-38(14-16-39)25-11-12-27(33-17-25)35-32-34-18-26-21(3)28(23(5)41)30(42)40(29(26)36-32)24-9-7-8-10-24/h11-12,17-18,20,22,24H,7-10,13-16,19H2,1-6H3,(H,37,44)(H,33,34,35,36). The second-order valence-electron chi connectivity index (χ2n) is 12.5. The summed E-state index contributed by atoms with van der Waals surface area (Å²) in [5.41, 5.74) is 1.92. The Hall–Kier alpha value is -3.71. The molecular weight excluding hydrogens is 623 g/mol. The summed E-state index contributed by atoms with van der Waals surface area (Å²) in [5, 5.41) is 6.84. The van der Waals surface area contributed by atoms with Gasteiger partial charge >= 0.3 is 5.97 Å². The molecule has 2 N–H and O–H groups in total. The van der Waals surface area contributed by atoms with Gasteiger partial charge in [0.2, 0.25) is 13.4 Å². The van der Waals surface area contributed by atoms with E-state index in [0.29, 0.717) is 54.5 Å². The summed E-state index contributed by atoms with van der Waals surface area (Å²) >= 11 is 0. The molecule has 1 saturated heterocycles. The maximum absolute atomic E-state index is 13.9. The molecular formula is C32H45N8O6P. The molecule has 1 saturated carbocycles. The molecule has 0 bridgehead atoms. The van der Waals surface area contributed by atoms with Crippen molar-refractivity contribution in [1.29, 1.82) is 0 Å². The van der Waals surface area contributed by atoms with Crippen LogP contribution in [0, 0.1) is 6.92 Å². The first-order valence-corrected chi connectivity index (χ1v) is 18.0. The first-order valence-electron chi connectivity index (χ1n) is 16.1. The fraction of sp³-hybridized carbons (Fsp3) is 0.562. The van der Waals surface area contributed by atoms with Crippen molar-refractivity contribution >= 4 is 47.7 Å². The van der Waals surface area contributed by atoms with Crippen LogP contribution in [0.2, 0.25) is 0 Å². The van der Waals surface area contributed by atoms with E-state index in [9.17, 15) is 18.9 Å². The van der Waals surface area contributed by atoms with Crippen molar-refractivity contribution in [2.45, 2.75) is 78.5 Å². The first kappa shape index (κ1) is 34.6. The van der Waals surface area contributed by atoms with E-state index >= 15 is 0 Å². The average Bonchev–Trinajstić information content (AvgIpc) is 3.56. The third kappa shape index (κ3) is 7.56. The number of Topliss-reactive ketones (excluding diaryl/α,β-unsaturated/α-hetero) is 1. The molecule has 4 heterocycles. The highest BCUT2D eigenvalue weighted by atomic mass is 31.2. The highest BCUT2D eigenvalue weighted by molar-refractivity contribution is 7.59. The van der Waals surface area contributed by atoms with Gasteiger partial charge < -0.3 is 19.7 Å². The zero-order valence-corrected chi connectivity index (χ0v) is 28.9. The summed E-state index contributed by atoms with van der Waals surface area (Å²) < 4.78 is 28.0. The zero-order chi connectivity index (χ0) is 33.9. The van der Waals surface area contributed by atoms with Crippen LogP contribution in [0.5, 0.6) is 0 Å². The van der Waals surface area contributed by atoms with Gasteiger partial charge in [-0.25, -0.2) is 19.7 Å². The summed E-state index contributed by atoms with van der Waals surface area (Å²) in [6, 6.07) is 3.03. The summed E-state index contributed by atoms with van der Waals surface area (Å²) in [7, 11) is -1.71.